The Morgan fingerprint density at radius 3 is 2.78 bits per heavy atom. The van der Waals surface area contributed by atoms with Crippen LogP contribution in [0.25, 0.3) is 10.8 Å². The molecule has 2 heterocycles. The third kappa shape index (κ3) is 2.92. The van der Waals surface area contributed by atoms with Crippen molar-refractivity contribution in [2.75, 3.05) is 18.4 Å². The van der Waals surface area contributed by atoms with Gasteiger partial charge in [0.05, 0.1) is 0 Å². The molecule has 0 aliphatic carbocycles. The SMILES string of the molecule is Cl.c1cc2cc(NC3CCNCC3)ccc2cn1. The molecule has 3 rings (SSSR count). The number of piperidine rings is 1. The summed E-state index contributed by atoms with van der Waals surface area (Å²) in [4.78, 5) is 4.13. The summed E-state index contributed by atoms with van der Waals surface area (Å²) < 4.78 is 0. The molecule has 0 spiro atoms. The van der Waals surface area contributed by atoms with Crippen molar-refractivity contribution in [1.29, 1.82) is 0 Å². The number of benzene rings is 1. The zero-order valence-electron chi connectivity index (χ0n) is 10.2. The molecule has 18 heavy (non-hydrogen) atoms. The van der Waals surface area contributed by atoms with E-state index in [2.05, 4.69) is 39.9 Å². The molecular weight excluding hydrogens is 246 g/mol. The first-order chi connectivity index (χ1) is 8.42. The number of aromatic nitrogens is 1. The lowest BCUT2D eigenvalue weighted by molar-refractivity contribution is 0.479. The summed E-state index contributed by atoms with van der Waals surface area (Å²) in [5.41, 5.74) is 1.22. The second kappa shape index (κ2) is 6.03. The van der Waals surface area contributed by atoms with Gasteiger partial charge in [0.25, 0.3) is 0 Å². The number of halogens is 1. The highest BCUT2D eigenvalue weighted by Crippen LogP contribution is 2.20. The Labute approximate surface area is 113 Å². The first-order valence-electron chi connectivity index (χ1n) is 6.23. The van der Waals surface area contributed by atoms with Crippen LogP contribution in [0, 0.1) is 0 Å². The van der Waals surface area contributed by atoms with Crippen LogP contribution in [0.15, 0.2) is 36.7 Å². The molecule has 0 radical (unpaired) electrons. The van der Waals surface area contributed by atoms with Crippen LogP contribution in [0.1, 0.15) is 12.8 Å². The predicted molar refractivity (Wildman–Crippen MR) is 78.5 cm³/mol. The van der Waals surface area contributed by atoms with Gasteiger partial charge < -0.3 is 10.6 Å². The highest BCUT2D eigenvalue weighted by Gasteiger charge is 2.12. The Balaban J connectivity index is 0.00000120. The Morgan fingerprint density at radius 1 is 1.11 bits per heavy atom. The maximum Gasteiger partial charge on any atom is 0.0348 e. The number of rotatable bonds is 2. The lowest BCUT2D eigenvalue weighted by Crippen LogP contribution is -2.35. The first kappa shape index (κ1) is 13.1. The van der Waals surface area contributed by atoms with Crippen molar-refractivity contribution in [3.05, 3.63) is 36.7 Å². The predicted octanol–water partition coefficient (Wildman–Crippen LogP) is 2.82. The van der Waals surface area contributed by atoms with Crippen LogP contribution in [0.5, 0.6) is 0 Å². The van der Waals surface area contributed by atoms with Crippen LogP contribution in [0.4, 0.5) is 5.69 Å². The van der Waals surface area contributed by atoms with Crippen LogP contribution >= 0.6 is 12.4 Å². The van der Waals surface area contributed by atoms with Crippen molar-refractivity contribution in [3.8, 4) is 0 Å². The molecule has 0 unspecified atom stereocenters. The first-order valence-corrected chi connectivity index (χ1v) is 6.23. The zero-order chi connectivity index (χ0) is 11.5. The molecule has 0 amide bonds. The van der Waals surface area contributed by atoms with E-state index in [0.717, 1.165) is 13.1 Å². The van der Waals surface area contributed by atoms with E-state index < -0.39 is 0 Å². The number of anilines is 1. The van der Waals surface area contributed by atoms with E-state index in [0.29, 0.717) is 6.04 Å². The molecule has 1 aliphatic rings. The van der Waals surface area contributed by atoms with Gasteiger partial charge in [-0.25, -0.2) is 0 Å². The third-order valence-corrected chi connectivity index (χ3v) is 3.35. The maximum absolute atomic E-state index is 4.13. The van der Waals surface area contributed by atoms with Gasteiger partial charge in [-0.3, -0.25) is 4.98 Å². The standard InChI is InChI=1S/C14H17N3.ClH/c1-2-14(17-13-4-7-15-8-5-13)9-11-3-6-16-10-12(1)11;/h1-3,6,9-10,13,15,17H,4-5,7-8H2;1H. The largest absolute Gasteiger partial charge is 0.382 e. The third-order valence-electron chi connectivity index (χ3n) is 3.35. The van der Waals surface area contributed by atoms with Crippen LogP contribution in [-0.2, 0) is 0 Å². The summed E-state index contributed by atoms with van der Waals surface area (Å²) in [6.45, 7) is 2.24. The maximum atomic E-state index is 4.13. The number of nitrogens with zero attached hydrogens (tertiary/aromatic N) is 1. The highest BCUT2D eigenvalue weighted by atomic mass is 35.5. The minimum absolute atomic E-state index is 0. The fourth-order valence-corrected chi connectivity index (χ4v) is 2.38. The summed E-state index contributed by atoms with van der Waals surface area (Å²) in [7, 11) is 0. The van der Waals surface area contributed by atoms with Gasteiger partial charge in [-0.05, 0) is 49.5 Å². The number of hydrogen-bond acceptors (Lipinski definition) is 3. The second-order valence-corrected chi connectivity index (χ2v) is 4.61. The zero-order valence-corrected chi connectivity index (χ0v) is 11.0. The quantitative estimate of drug-likeness (QED) is 0.875. The summed E-state index contributed by atoms with van der Waals surface area (Å²) >= 11 is 0. The molecule has 3 nitrogen and oxygen atoms in total. The molecule has 4 heteroatoms. The van der Waals surface area contributed by atoms with Crippen molar-refractivity contribution in [3.63, 3.8) is 0 Å². The molecule has 1 aliphatic heterocycles. The monoisotopic (exact) mass is 263 g/mol. The van der Waals surface area contributed by atoms with E-state index in [9.17, 15) is 0 Å². The van der Waals surface area contributed by atoms with E-state index in [1.54, 1.807) is 0 Å². The van der Waals surface area contributed by atoms with E-state index in [4.69, 9.17) is 0 Å². The number of fused-ring (bicyclic) bond motifs is 1. The Morgan fingerprint density at radius 2 is 1.94 bits per heavy atom. The fraction of sp³-hybridized carbons (Fsp3) is 0.357. The van der Waals surface area contributed by atoms with E-state index >= 15 is 0 Å². The minimum atomic E-state index is 0. The van der Waals surface area contributed by atoms with Gasteiger partial charge in [0, 0.05) is 29.5 Å². The Hall–Kier alpha value is -1.32. The second-order valence-electron chi connectivity index (χ2n) is 4.61. The number of nitrogens with one attached hydrogen (secondary N) is 2. The molecule has 1 saturated heterocycles. The smallest absolute Gasteiger partial charge is 0.0348 e. The van der Waals surface area contributed by atoms with Gasteiger partial charge in [-0.15, -0.1) is 12.4 Å². The Bertz CT molecular complexity index is 509. The average molecular weight is 264 g/mol. The summed E-state index contributed by atoms with van der Waals surface area (Å²) in [6, 6.07) is 9.15. The van der Waals surface area contributed by atoms with Crippen molar-refractivity contribution < 1.29 is 0 Å². The van der Waals surface area contributed by atoms with Crippen LogP contribution < -0.4 is 10.6 Å². The van der Waals surface area contributed by atoms with Crippen LogP contribution in [-0.4, -0.2) is 24.1 Å². The summed E-state index contributed by atoms with van der Waals surface area (Å²) in [5, 5.41) is 9.44. The molecule has 2 aromatic rings. The normalized spacial score (nSPS) is 16.2. The van der Waals surface area contributed by atoms with Crippen LogP contribution in [0.3, 0.4) is 0 Å². The molecule has 1 fully saturated rings. The topological polar surface area (TPSA) is 37.0 Å². The Kier molecular flexibility index (Phi) is 4.39. The lowest BCUT2D eigenvalue weighted by atomic mass is 10.1. The van der Waals surface area contributed by atoms with Gasteiger partial charge in [-0.1, -0.05) is 6.07 Å². The molecule has 1 aromatic carbocycles. The van der Waals surface area contributed by atoms with Gasteiger partial charge in [0.2, 0.25) is 0 Å². The van der Waals surface area contributed by atoms with Crippen LogP contribution in [0.2, 0.25) is 0 Å². The van der Waals surface area contributed by atoms with Crippen molar-refractivity contribution in [2.24, 2.45) is 0 Å². The highest BCUT2D eigenvalue weighted by molar-refractivity contribution is 5.85. The summed E-state index contributed by atoms with van der Waals surface area (Å²) in [5.74, 6) is 0. The van der Waals surface area contributed by atoms with Gasteiger partial charge in [-0.2, -0.15) is 0 Å². The van der Waals surface area contributed by atoms with E-state index in [1.807, 2.05) is 12.4 Å². The molecule has 0 saturated carbocycles. The molecule has 96 valence electrons. The molecule has 0 bridgehead atoms. The summed E-state index contributed by atoms with van der Waals surface area (Å²) in [6.07, 6.45) is 6.16. The lowest BCUT2D eigenvalue weighted by Gasteiger charge is -2.24. The van der Waals surface area contributed by atoms with Gasteiger partial charge in [0.1, 0.15) is 0 Å². The number of pyridine rings is 1. The average Bonchev–Trinajstić information content (AvgIpc) is 2.40. The van der Waals surface area contributed by atoms with Crippen molar-refractivity contribution in [2.45, 2.75) is 18.9 Å². The number of hydrogen-bond donors (Lipinski definition) is 2. The van der Waals surface area contributed by atoms with E-state index in [-0.39, 0.29) is 12.4 Å². The molecule has 0 atom stereocenters. The fourth-order valence-electron chi connectivity index (χ4n) is 2.38. The molecular formula is C14H18ClN3. The van der Waals surface area contributed by atoms with E-state index in [1.165, 1.54) is 29.3 Å². The van der Waals surface area contributed by atoms with Crippen molar-refractivity contribution >= 4 is 28.9 Å². The molecule has 2 N–H and O–H groups in total. The van der Waals surface area contributed by atoms with Gasteiger partial charge >= 0.3 is 0 Å². The van der Waals surface area contributed by atoms with Crippen molar-refractivity contribution in [1.82, 2.24) is 10.3 Å². The minimum Gasteiger partial charge on any atom is -0.382 e. The van der Waals surface area contributed by atoms with Gasteiger partial charge in [0.15, 0.2) is 0 Å². The molecule has 1 aromatic heterocycles.